The van der Waals surface area contributed by atoms with Crippen molar-refractivity contribution in [3.63, 3.8) is 0 Å². The minimum absolute atomic E-state index is 0.0291. The Balaban J connectivity index is 3.29. The largest absolute Gasteiger partial charge is 0.280 e. The van der Waals surface area contributed by atoms with Gasteiger partial charge >= 0.3 is 0 Å². The van der Waals surface area contributed by atoms with Gasteiger partial charge in [-0.05, 0) is 37.1 Å². The highest BCUT2D eigenvalue weighted by Crippen LogP contribution is 2.21. The summed E-state index contributed by atoms with van der Waals surface area (Å²) in [5.41, 5.74) is 5.37. The van der Waals surface area contributed by atoms with Crippen LogP contribution in [0.3, 0.4) is 0 Å². The predicted molar refractivity (Wildman–Crippen MR) is 78.8 cm³/mol. The zero-order valence-electron chi connectivity index (χ0n) is 11.1. The molecule has 2 heteroatoms. The summed E-state index contributed by atoms with van der Waals surface area (Å²) in [6.45, 7) is 17.5. The summed E-state index contributed by atoms with van der Waals surface area (Å²) in [6, 6.07) is 0. The summed E-state index contributed by atoms with van der Waals surface area (Å²) in [6.07, 6.45) is 3.40. The molecule has 0 aliphatic heterocycles. The van der Waals surface area contributed by atoms with Crippen LogP contribution in [-0.4, -0.2) is 4.40 Å². The Morgan fingerprint density at radius 1 is 1.00 bits per heavy atom. The van der Waals surface area contributed by atoms with Gasteiger partial charge in [-0.2, -0.15) is 0 Å². The molecule has 92 valence electrons. The summed E-state index contributed by atoms with van der Waals surface area (Å²) in [4.78, 5) is 12.5. The molecule has 0 aromatic carbocycles. The van der Waals surface area contributed by atoms with E-state index in [2.05, 4.69) is 19.7 Å². The van der Waals surface area contributed by atoms with Crippen molar-refractivity contribution in [2.24, 2.45) is 0 Å². The molecule has 0 aliphatic rings. The SMILES string of the molecule is C=Cc1c(C)c(=C)c2c(C=C)c(C)c(C)n2c1=O. The standard InChI is InChI=1S/C16H17NO/c1-7-13-11(5)12(6)17-15(13)10(4)9(3)14(8-2)16(17)18/h7-8H,1-2,4H2,3,5-6H3. The van der Waals surface area contributed by atoms with Gasteiger partial charge in [0.2, 0.25) is 0 Å². The molecule has 0 radical (unpaired) electrons. The van der Waals surface area contributed by atoms with Gasteiger partial charge in [-0.1, -0.05) is 31.9 Å². The number of pyridine rings is 1. The molecule has 0 atom stereocenters. The minimum atomic E-state index is -0.0291. The van der Waals surface area contributed by atoms with Crippen molar-refractivity contribution in [1.82, 2.24) is 4.40 Å². The van der Waals surface area contributed by atoms with E-state index in [0.717, 1.165) is 33.1 Å². The molecule has 2 aromatic rings. The first kappa shape index (κ1) is 12.4. The molecule has 0 fully saturated rings. The van der Waals surface area contributed by atoms with Gasteiger partial charge in [0.05, 0.1) is 5.52 Å². The van der Waals surface area contributed by atoms with Crippen molar-refractivity contribution in [3.8, 4) is 0 Å². The lowest BCUT2D eigenvalue weighted by molar-refractivity contribution is 1.02. The smallest absolute Gasteiger partial charge is 0.262 e. The van der Waals surface area contributed by atoms with Crippen LogP contribution in [0.25, 0.3) is 24.2 Å². The Morgan fingerprint density at radius 3 is 2.06 bits per heavy atom. The van der Waals surface area contributed by atoms with Gasteiger partial charge in [-0.3, -0.25) is 9.20 Å². The van der Waals surface area contributed by atoms with Crippen LogP contribution >= 0.6 is 0 Å². The molecule has 0 N–H and O–H groups in total. The lowest BCUT2D eigenvalue weighted by Gasteiger charge is -2.05. The van der Waals surface area contributed by atoms with E-state index >= 15 is 0 Å². The van der Waals surface area contributed by atoms with Gasteiger partial charge in [0.25, 0.3) is 5.56 Å². The van der Waals surface area contributed by atoms with E-state index < -0.39 is 0 Å². The van der Waals surface area contributed by atoms with Crippen LogP contribution in [0.15, 0.2) is 18.0 Å². The van der Waals surface area contributed by atoms with Crippen LogP contribution in [0, 0.1) is 20.8 Å². The molecular weight excluding hydrogens is 222 g/mol. The zero-order chi connectivity index (χ0) is 13.6. The molecule has 0 bridgehead atoms. The van der Waals surface area contributed by atoms with Gasteiger partial charge in [-0.25, -0.2) is 0 Å². The molecule has 0 spiro atoms. The highest BCUT2D eigenvalue weighted by Gasteiger charge is 2.16. The van der Waals surface area contributed by atoms with E-state index in [0.29, 0.717) is 5.56 Å². The first-order valence-corrected chi connectivity index (χ1v) is 5.87. The van der Waals surface area contributed by atoms with Gasteiger partial charge in [0.1, 0.15) is 0 Å². The third-order valence-electron chi connectivity index (χ3n) is 3.75. The van der Waals surface area contributed by atoms with E-state index in [1.54, 1.807) is 16.6 Å². The number of aromatic nitrogens is 1. The Morgan fingerprint density at radius 2 is 1.56 bits per heavy atom. The second-order valence-electron chi connectivity index (χ2n) is 4.54. The number of rotatable bonds is 2. The van der Waals surface area contributed by atoms with E-state index in [1.165, 1.54) is 0 Å². The van der Waals surface area contributed by atoms with Gasteiger partial charge < -0.3 is 0 Å². The topological polar surface area (TPSA) is 21.5 Å². The highest BCUT2D eigenvalue weighted by atomic mass is 16.1. The number of nitrogens with zero attached hydrogens (tertiary/aromatic N) is 1. The summed E-state index contributed by atoms with van der Waals surface area (Å²) < 4.78 is 1.72. The summed E-state index contributed by atoms with van der Waals surface area (Å²) in [5.74, 6) is 0. The molecule has 0 aliphatic carbocycles. The van der Waals surface area contributed by atoms with Crippen LogP contribution in [0.2, 0.25) is 0 Å². The lowest BCUT2D eigenvalue weighted by atomic mass is 10.1. The molecule has 2 heterocycles. The van der Waals surface area contributed by atoms with Crippen molar-refractivity contribution in [2.75, 3.05) is 0 Å². The normalized spacial score (nSPS) is 10.8. The third-order valence-corrected chi connectivity index (χ3v) is 3.75. The molecule has 0 unspecified atom stereocenters. The summed E-state index contributed by atoms with van der Waals surface area (Å²) in [5, 5.41) is 0.871. The molecule has 2 nitrogen and oxygen atoms in total. The Labute approximate surface area is 107 Å². The molecule has 0 amide bonds. The molecular formula is C16H17NO. The van der Waals surface area contributed by atoms with Gasteiger partial charge in [0.15, 0.2) is 0 Å². The number of hydrogen-bond acceptors (Lipinski definition) is 1. The number of fused-ring (bicyclic) bond motifs is 1. The maximum Gasteiger partial charge on any atom is 0.262 e. The Hall–Kier alpha value is -2.09. The molecule has 2 aromatic heterocycles. The lowest BCUT2D eigenvalue weighted by Crippen LogP contribution is -2.25. The molecule has 2 rings (SSSR count). The van der Waals surface area contributed by atoms with Crippen LogP contribution in [0.5, 0.6) is 0 Å². The highest BCUT2D eigenvalue weighted by molar-refractivity contribution is 5.76. The number of aryl methyl sites for hydroxylation is 1. The third kappa shape index (κ3) is 1.32. The average Bonchev–Trinajstić information content (AvgIpc) is 2.60. The van der Waals surface area contributed by atoms with E-state index in [1.807, 2.05) is 20.8 Å². The maximum atomic E-state index is 12.5. The second kappa shape index (κ2) is 3.98. The fraction of sp³-hybridized carbons (Fsp3) is 0.188. The van der Waals surface area contributed by atoms with Crippen molar-refractivity contribution in [3.05, 3.63) is 56.7 Å². The quantitative estimate of drug-likeness (QED) is 0.789. The van der Waals surface area contributed by atoms with Crippen molar-refractivity contribution in [2.45, 2.75) is 20.8 Å². The Bertz CT molecular complexity index is 778. The van der Waals surface area contributed by atoms with Crippen molar-refractivity contribution in [1.29, 1.82) is 0 Å². The number of hydrogen-bond donors (Lipinski definition) is 0. The molecule has 18 heavy (non-hydrogen) atoms. The maximum absolute atomic E-state index is 12.5. The molecule has 0 saturated heterocycles. The van der Waals surface area contributed by atoms with Gasteiger partial charge in [0, 0.05) is 16.8 Å². The average molecular weight is 239 g/mol. The van der Waals surface area contributed by atoms with Crippen molar-refractivity contribution < 1.29 is 0 Å². The fourth-order valence-electron chi connectivity index (χ4n) is 2.49. The van der Waals surface area contributed by atoms with E-state index in [-0.39, 0.29) is 5.56 Å². The van der Waals surface area contributed by atoms with Crippen LogP contribution in [-0.2, 0) is 0 Å². The monoisotopic (exact) mass is 239 g/mol. The zero-order valence-corrected chi connectivity index (χ0v) is 11.1. The fourth-order valence-corrected chi connectivity index (χ4v) is 2.49. The summed E-state index contributed by atoms with van der Waals surface area (Å²) in [7, 11) is 0. The predicted octanol–water partition coefficient (Wildman–Crippen LogP) is 2.64. The first-order valence-electron chi connectivity index (χ1n) is 5.87. The van der Waals surface area contributed by atoms with Crippen molar-refractivity contribution >= 4 is 24.2 Å². The Kier molecular flexibility index (Phi) is 2.74. The second-order valence-corrected chi connectivity index (χ2v) is 4.54. The van der Waals surface area contributed by atoms with E-state index in [9.17, 15) is 4.79 Å². The van der Waals surface area contributed by atoms with Crippen LogP contribution in [0.1, 0.15) is 27.9 Å². The van der Waals surface area contributed by atoms with Gasteiger partial charge in [-0.15, -0.1) is 0 Å². The summed E-state index contributed by atoms with van der Waals surface area (Å²) >= 11 is 0. The first-order chi connectivity index (χ1) is 8.45. The van der Waals surface area contributed by atoms with Crippen LogP contribution < -0.4 is 10.8 Å². The molecule has 0 saturated carbocycles. The van der Waals surface area contributed by atoms with Crippen LogP contribution in [0.4, 0.5) is 0 Å². The minimum Gasteiger partial charge on any atom is -0.280 e. The van der Waals surface area contributed by atoms with E-state index in [4.69, 9.17) is 0 Å².